The van der Waals surface area contributed by atoms with Gasteiger partial charge in [-0.2, -0.15) is 0 Å². The minimum absolute atomic E-state index is 0.0718. The number of hydrogen-bond acceptors (Lipinski definition) is 7. The van der Waals surface area contributed by atoms with Crippen molar-refractivity contribution in [3.63, 3.8) is 0 Å². The molecule has 148 valence electrons. The van der Waals surface area contributed by atoms with Gasteiger partial charge in [0.1, 0.15) is 17.0 Å². The molecule has 0 aliphatic heterocycles. The molecule has 0 atom stereocenters. The van der Waals surface area contributed by atoms with Crippen LogP contribution in [0.5, 0.6) is 0 Å². The zero-order valence-corrected chi connectivity index (χ0v) is 18.1. The monoisotopic (exact) mass is 423 g/mol. The number of thiophene rings is 1. The van der Waals surface area contributed by atoms with Gasteiger partial charge in [0.2, 0.25) is 5.91 Å². The molecule has 1 amide bonds. The highest BCUT2D eigenvalue weighted by Crippen LogP contribution is 2.40. The number of rotatable bonds is 6. The van der Waals surface area contributed by atoms with Crippen molar-refractivity contribution in [3.05, 3.63) is 52.1 Å². The Morgan fingerprint density at radius 3 is 2.62 bits per heavy atom. The highest BCUT2D eigenvalue weighted by molar-refractivity contribution is 7.19. The molecule has 0 saturated heterocycles. The Balaban J connectivity index is 1.53. The number of nitrogens with one attached hydrogen (secondary N) is 2. The minimum Gasteiger partial charge on any atom is -0.369 e. The minimum atomic E-state index is -0.0718. The number of carbonyl (C=O) groups excluding carboxylic acids is 1. The molecule has 0 radical (unpaired) electrons. The van der Waals surface area contributed by atoms with Gasteiger partial charge in [-0.1, -0.05) is 29.8 Å². The number of hydrogen-bond donors (Lipinski definition) is 2. The van der Waals surface area contributed by atoms with Crippen molar-refractivity contribution in [1.29, 1.82) is 0 Å². The molecule has 6 nitrogen and oxygen atoms in total. The maximum atomic E-state index is 12.2. The molecule has 8 heteroatoms. The summed E-state index contributed by atoms with van der Waals surface area (Å²) in [5.41, 5.74) is 4.43. The molecule has 0 aliphatic rings. The Kier molecular flexibility index (Phi) is 5.55. The van der Waals surface area contributed by atoms with Crippen LogP contribution in [-0.2, 0) is 4.79 Å². The largest absolute Gasteiger partial charge is 0.369 e. The van der Waals surface area contributed by atoms with E-state index in [4.69, 9.17) is 0 Å². The predicted molar refractivity (Wildman–Crippen MR) is 121 cm³/mol. The zero-order chi connectivity index (χ0) is 20.4. The number of aromatic nitrogens is 3. The van der Waals surface area contributed by atoms with E-state index in [1.807, 2.05) is 12.3 Å². The second-order valence-corrected chi connectivity index (χ2v) is 8.88. The van der Waals surface area contributed by atoms with E-state index in [9.17, 15) is 4.79 Å². The van der Waals surface area contributed by atoms with Gasteiger partial charge in [0, 0.05) is 28.8 Å². The number of thiazole rings is 1. The Labute approximate surface area is 177 Å². The van der Waals surface area contributed by atoms with Gasteiger partial charge in [-0.3, -0.25) is 4.79 Å². The number of carbonyl (C=O) groups is 1. The van der Waals surface area contributed by atoms with E-state index < -0.39 is 0 Å². The van der Waals surface area contributed by atoms with E-state index in [0.29, 0.717) is 18.1 Å². The molecular formula is C21H21N5OS2. The maximum absolute atomic E-state index is 12.2. The van der Waals surface area contributed by atoms with Crippen LogP contribution in [0.2, 0.25) is 0 Å². The number of amides is 1. The van der Waals surface area contributed by atoms with Gasteiger partial charge < -0.3 is 10.6 Å². The van der Waals surface area contributed by atoms with Crippen molar-refractivity contribution >= 4 is 49.7 Å². The van der Waals surface area contributed by atoms with Crippen LogP contribution in [-0.4, -0.2) is 27.4 Å². The quantitative estimate of drug-likeness (QED) is 0.447. The first-order chi connectivity index (χ1) is 14.0. The summed E-state index contributed by atoms with van der Waals surface area (Å²) in [7, 11) is 0. The van der Waals surface area contributed by atoms with Gasteiger partial charge in [0.05, 0.1) is 11.1 Å². The molecule has 1 aromatic carbocycles. The SMILES string of the molecule is Cc1ccc(-c2c(C)sc3ncnc(NCCC(=O)Nc4nc(C)cs4)c23)cc1. The molecule has 0 spiro atoms. The highest BCUT2D eigenvalue weighted by Gasteiger charge is 2.17. The van der Waals surface area contributed by atoms with Crippen LogP contribution in [0.3, 0.4) is 0 Å². The van der Waals surface area contributed by atoms with Crippen LogP contribution in [0.1, 0.15) is 22.6 Å². The van der Waals surface area contributed by atoms with Crippen LogP contribution in [0.15, 0.2) is 36.0 Å². The molecule has 0 unspecified atom stereocenters. The highest BCUT2D eigenvalue weighted by atomic mass is 32.1. The van der Waals surface area contributed by atoms with Crippen molar-refractivity contribution in [2.45, 2.75) is 27.2 Å². The van der Waals surface area contributed by atoms with Gasteiger partial charge >= 0.3 is 0 Å². The number of anilines is 2. The van der Waals surface area contributed by atoms with E-state index in [2.05, 4.69) is 63.7 Å². The first-order valence-corrected chi connectivity index (χ1v) is 11.0. The topological polar surface area (TPSA) is 79.8 Å². The maximum Gasteiger partial charge on any atom is 0.227 e. The summed E-state index contributed by atoms with van der Waals surface area (Å²) in [5.74, 6) is 0.685. The van der Waals surface area contributed by atoms with Gasteiger partial charge in [-0.15, -0.1) is 22.7 Å². The summed E-state index contributed by atoms with van der Waals surface area (Å²) in [6.07, 6.45) is 1.89. The summed E-state index contributed by atoms with van der Waals surface area (Å²) in [4.78, 5) is 27.5. The molecule has 4 rings (SSSR count). The van der Waals surface area contributed by atoms with Crippen molar-refractivity contribution in [2.24, 2.45) is 0 Å². The lowest BCUT2D eigenvalue weighted by atomic mass is 10.0. The van der Waals surface area contributed by atoms with E-state index in [0.717, 1.165) is 32.9 Å². The van der Waals surface area contributed by atoms with E-state index in [-0.39, 0.29) is 5.91 Å². The summed E-state index contributed by atoms with van der Waals surface area (Å²) in [6, 6.07) is 8.48. The molecule has 2 N–H and O–H groups in total. The number of fused-ring (bicyclic) bond motifs is 1. The Morgan fingerprint density at radius 2 is 1.90 bits per heavy atom. The van der Waals surface area contributed by atoms with Crippen molar-refractivity contribution < 1.29 is 4.79 Å². The summed E-state index contributed by atoms with van der Waals surface area (Å²) < 4.78 is 0. The number of benzene rings is 1. The van der Waals surface area contributed by atoms with Crippen LogP contribution >= 0.6 is 22.7 Å². The lowest BCUT2D eigenvalue weighted by Gasteiger charge is -2.09. The van der Waals surface area contributed by atoms with E-state index in [1.54, 1.807) is 17.7 Å². The Morgan fingerprint density at radius 1 is 1.10 bits per heavy atom. The lowest BCUT2D eigenvalue weighted by Crippen LogP contribution is -2.16. The standard InChI is InChI=1S/C21H21N5OS2/c1-12-4-6-15(7-5-12)17-14(3)29-20-18(17)19(23-11-24-20)22-9-8-16(27)26-21-25-13(2)10-28-21/h4-7,10-11H,8-9H2,1-3H3,(H,22,23,24)(H,25,26,27). The molecule has 3 aromatic heterocycles. The second kappa shape index (κ2) is 8.26. The predicted octanol–water partition coefficient (Wildman–Crippen LogP) is 5.18. The van der Waals surface area contributed by atoms with Gasteiger partial charge in [-0.25, -0.2) is 15.0 Å². The Hall–Kier alpha value is -2.84. The number of nitrogens with zero attached hydrogens (tertiary/aromatic N) is 3. The second-order valence-electron chi connectivity index (χ2n) is 6.82. The van der Waals surface area contributed by atoms with E-state index >= 15 is 0 Å². The molecule has 4 aromatic rings. The lowest BCUT2D eigenvalue weighted by molar-refractivity contribution is -0.115. The first-order valence-electron chi connectivity index (χ1n) is 9.28. The molecule has 0 aliphatic carbocycles. The zero-order valence-electron chi connectivity index (χ0n) is 16.4. The molecular weight excluding hydrogens is 402 g/mol. The third-order valence-electron chi connectivity index (χ3n) is 4.51. The van der Waals surface area contributed by atoms with Gasteiger partial charge in [0.15, 0.2) is 5.13 Å². The third-order valence-corrected chi connectivity index (χ3v) is 6.40. The van der Waals surface area contributed by atoms with Crippen LogP contribution in [0.4, 0.5) is 10.9 Å². The molecule has 0 bridgehead atoms. The summed E-state index contributed by atoms with van der Waals surface area (Å²) in [6.45, 7) is 6.57. The van der Waals surface area contributed by atoms with Gasteiger partial charge in [-0.05, 0) is 26.3 Å². The van der Waals surface area contributed by atoms with Crippen molar-refractivity contribution in [1.82, 2.24) is 15.0 Å². The summed E-state index contributed by atoms with van der Waals surface area (Å²) >= 11 is 3.09. The normalized spacial score (nSPS) is 11.0. The fourth-order valence-corrected chi connectivity index (χ4v) is 4.85. The van der Waals surface area contributed by atoms with Crippen LogP contribution in [0, 0.1) is 20.8 Å². The Bertz CT molecular complexity index is 1160. The van der Waals surface area contributed by atoms with Crippen molar-refractivity contribution in [3.8, 4) is 11.1 Å². The van der Waals surface area contributed by atoms with Crippen LogP contribution < -0.4 is 10.6 Å². The average Bonchev–Trinajstić information content (AvgIpc) is 3.25. The molecule has 0 saturated carbocycles. The number of aryl methyl sites for hydroxylation is 3. The smallest absolute Gasteiger partial charge is 0.227 e. The molecule has 0 fully saturated rings. The third kappa shape index (κ3) is 4.28. The first kappa shape index (κ1) is 19.5. The van der Waals surface area contributed by atoms with Gasteiger partial charge in [0.25, 0.3) is 0 Å². The fraction of sp³-hybridized carbons (Fsp3) is 0.238. The van der Waals surface area contributed by atoms with Crippen molar-refractivity contribution in [2.75, 3.05) is 17.2 Å². The van der Waals surface area contributed by atoms with E-state index in [1.165, 1.54) is 21.8 Å². The molecule has 3 heterocycles. The fourth-order valence-electron chi connectivity index (χ4n) is 3.13. The summed E-state index contributed by atoms with van der Waals surface area (Å²) in [5, 5.41) is 9.71. The average molecular weight is 424 g/mol. The van der Waals surface area contributed by atoms with Crippen LogP contribution in [0.25, 0.3) is 21.3 Å². The molecule has 29 heavy (non-hydrogen) atoms.